The number of rotatable bonds is 16. The first-order valence-electron chi connectivity index (χ1n) is 10.2. The minimum Gasteiger partial charge on any atom is -0.371 e. The Hall–Kier alpha value is -1.89. The lowest BCUT2D eigenvalue weighted by atomic mass is 9.98. The van der Waals surface area contributed by atoms with Gasteiger partial charge in [0.15, 0.2) is 6.29 Å². The second-order valence-electron chi connectivity index (χ2n) is 4.92. The topological polar surface area (TPSA) is 141 Å². The van der Waals surface area contributed by atoms with Crippen molar-refractivity contribution in [3.63, 3.8) is 0 Å². The molecule has 0 N–H and O–H groups in total. The van der Waals surface area contributed by atoms with Gasteiger partial charge in [-0.1, -0.05) is 0 Å². The molecule has 11 heteroatoms. The maximum absolute atomic E-state index is 11.1. The number of ether oxygens (including phenoxy) is 6. The van der Waals surface area contributed by atoms with E-state index in [1.54, 1.807) is 0 Å². The molecule has 0 spiro atoms. The van der Waals surface area contributed by atoms with Crippen molar-refractivity contribution in [2.45, 2.75) is 30.7 Å². The Morgan fingerprint density at radius 1 is 0.667 bits per heavy atom. The van der Waals surface area contributed by atoms with E-state index in [-0.39, 0.29) is 0 Å². The van der Waals surface area contributed by atoms with Crippen LogP contribution < -0.4 is 0 Å². The highest BCUT2D eigenvalue weighted by atomic mass is 16.7. The van der Waals surface area contributed by atoms with Crippen molar-refractivity contribution in [3.05, 3.63) is 0 Å². The molecule has 1 aliphatic heterocycles. The van der Waals surface area contributed by atoms with Crippen molar-refractivity contribution < 1.29 is 59.2 Å². The third kappa shape index (κ3) is 7.71. The monoisotopic (exact) mass is 395 g/mol. The molecule has 11 nitrogen and oxygen atoms in total. The molecule has 0 aromatic rings. The Bertz CT molecular complexity index is 691. The summed E-state index contributed by atoms with van der Waals surface area (Å²) in [6, 6.07) is 0. The SMILES string of the molecule is [2H]C(=O)COC[C@H]1OC(OCC([2H])=O)[C@H](OCC([2H])=O)[C@@H](OCC([2H])=O)[C@@H]1OCC([2H])=O. The van der Waals surface area contributed by atoms with Gasteiger partial charge >= 0.3 is 0 Å². The average molecular weight is 395 g/mol. The lowest BCUT2D eigenvalue weighted by Crippen LogP contribution is -2.62. The van der Waals surface area contributed by atoms with Gasteiger partial charge in [-0.15, -0.1) is 0 Å². The molecule has 0 aromatic carbocycles. The molecule has 1 heterocycles. The smallest absolute Gasteiger partial charge is 0.187 e. The van der Waals surface area contributed by atoms with Crippen LogP contribution in [0.3, 0.4) is 0 Å². The zero-order valence-corrected chi connectivity index (χ0v) is 14.1. The summed E-state index contributed by atoms with van der Waals surface area (Å²) < 4.78 is 66.6. The van der Waals surface area contributed by atoms with Gasteiger partial charge in [0.05, 0.1) is 6.61 Å². The van der Waals surface area contributed by atoms with E-state index in [0.29, 0.717) is 0 Å². The number of carbonyl (C=O) groups is 5. The van der Waals surface area contributed by atoms with Crippen molar-refractivity contribution in [3.8, 4) is 0 Å². The van der Waals surface area contributed by atoms with Gasteiger partial charge < -0.3 is 52.4 Å². The predicted molar refractivity (Wildman–Crippen MR) is 85.0 cm³/mol. The lowest BCUT2D eigenvalue weighted by Gasteiger charge is -2.45. The normalized spacial score (nSPS) is 30.2. The van der Waals surface area contributed by atoms with Crippen LogP contribution in [0, 0.1) is 0 Å². The summed E-state index contributed by atoms with van der Waals surface area (Å²) in [5.41, 5.74) is 0. The van der Waals surface area contributed by atoms with Crippen LogP contribution in [0.25, 0.3) is 0 Å². The molecule has 0 aliphatic carbocycles. The molecule has 0 amide bonds. The summed E-state index contributed by atoms with van der Waals surface area (Å²) in [5.74, 6) is 0. The molecular weight excluding hydrogens is 368 g/mol. The molecule has 27 heavy (non-hydrogen) atoms. The van der Waals surface area contributed by atoms with Crippen LogP contribution in [0.2, 0.25) is 0 Å². The van der Waals surface area contributed by atoms with E-state index in [9.17, 15) is 24.0 Å². The van der Waals surface area contributed by atoms with Crippen molar-refractivity contribution in [1.82, 2.24) is 0 Å². The average Bonchev–Trinajstić information content (AvgIpc) is 2.67. The molecule has 1 fully saturated rings. The first kappa shape index (κ1) is 16.1. The molecule has 1 rings (SSSR count). The van der Waals surface area contributed by atoms with Crippen LogP contribution in [-0.2, 0) is 52.4 Å². The summed E-state index contributed by atoms with van der Waals surface area (Å²) in [5, 5.41) is 0. The molecule has 1 unspecified atom stereocenters. The van der Waals surface area contributed by atoms with Crippen molar-refractivity contribution in [2.24, 2.45) is 0 Å². The highest BCUT2D eigenvalue weighted by Crippen LogP contribution is 2.29. The van der Waals surface area contributed by atoms with Gasteiger partial charge in [0, 0.05) is 0 Å². The maximum Gasteiger partial charge on any atom is 0.187 e. The number of hydrogen-bond donors (Lipinski definition) is 0. The predicted octanol–water partition coefficient (Wildman–Crippen LogP) is -2.11. The second kappa shape index (κ2) is 14.2. The quantitative estimate of drug-likeness (QED) is 0.265. The largest absolute Gasteiger partial charge is 0.371 e. The Morgan fingerprint density at radius 3 is 1.70 bits per heavy atom. The van der Waals surface area contributed by atoms with Crippen molar-refractivity contribution in [1.29, 1.82) is 0 Å². The van der Waals surface area contributed by atoms with Crippen LogP contribution in [0.15, 0.2) is 0 Å². The van der Waals surface area contributed by atoms with Gasteiger partial charge in [-0.25, -0.2) is 0 Å². The van der Waals surface area contributed by atoms with E-state index < -0.39 is 102 Å². The number of carbonyl (C=O) groups excluding carboxylic acids is 5. The van der Waals surface area contributed by atoms with Crippen molar-refractivity contribution >= 4 is 31.3 Å². The van der Waals surface area contributed by atoms with E-state index in [1.165, 1.54) is 0 Å². The number of aldehydes is 5. The first-order chi connectivity index (χ1) is 15.0. The summed E-state index contributed by atoms with van der Waals surface area (Å²) in [7, 11) is 0. The molecule has 0 saturated carbocycles. The second-order valence-corrected chi connectivity index (χ2v) is 4.92. The van der Waals surface area contributed by atoms with E-state index in [1.807, 2.05) is 0 Å². The summed E-state index contributed by atoms with van der Waals surface area (Å²) in [6.45, 7) is -4.21. The minimum atomic E-state index is -1.53. The van der Waals surface area contributed by atoms with Crippen LogP contribution >= 0.6 is 0 Å². The summed E-state index contributed by atoms with van der Waals surface area (Å²) in [6.07, 6.45) is -12.6. The van der Waals surface area contributed by atoms with Crippen LogP contribution in [0.5, 0.6) is 0 Å². The first-order valence-corrected chi connectivity index (χ1v) is 7.68. The molecule has 1 aliphatic rings. The highest BCUT2D eigenvalue weighted by Gasteiger charge is 2.48. The van der Waals surface area contributed by atoms with Gasteiger partial charge in [-0.3, -0.25) is 0 Å². The van der Waals surface area contributed by atoms with Gasteiger partial charge in [-0.2, -0.15) is 0 Å². The molecule has 152 valence electrons. The Kier molecular flexibility index (Phi) is 8.47. The maximum atomic E-state index is 11.1. The number of hydrogen-bond acceptors (Lipinski definition) is 11. The van der Waals surface area contributed by atoms with Gasteiger partial charge in [0.25, 0.3) is 0 Å². The molecule has 5 atom stereocenters. The minimum absolute atomic E-state index is 0.436. The summed E-state index contributed by atoms with van der Waals surface area (Å²) in [4.78, 5) is 55.2. The fraction of sp³-hybridized carbons (Fsp3) is 0.688. The molecule has 0 bridgehead atoms. The van der Waals surface area contributed by atoms with Crippen LogP contribution in [-0.4, -0.2) is 102 Å². The van der Waals surface area contributed by atoms with Gasteiger partial charge in [0.1, 0.15) is 95.6 Å². The van der Waals surface area contributed by atoms with E-state index in [4.69, 9.17) is 35.3 Å². The zero-order chi connectivity index (χ0) is 24.3. The Morgan fingerprint density at radius 2 is 1.15 bits per heavy atom. The van der Waals surface area contributed by atoms with Crippen molar-refractivity contribution in [2.75, 3.05) is 39.6 Å². The van der Waals surface area contributed by atoms with E-state index >= 15 is 0 Å². The van der Waals surface area contributed by atoms with Crippen LogP contribution in [0.1, 0.15) is 6.85 Å². The standard InChI is InChI=1S/C16H22O11/c17-1-6-22-11-12-13(23-7-2-18)14(24-8-3-19)15(25-9-4-20)16(27-12)26-10-5-21/h1-5,12-16H,6-11H2/t12-,13-,14+,15-,16?/m1/s1/i1D,2D,3D,4D,5D. The highest BCUT2D eigenvalue weighted by molar-refractivity contribution is 5.52. The third-order valence-electron chi connectivity index (χ3n) is 3.34. The fourth-order valence-electron chi connectivity index (χ4n) is 2.44. The lowest BCUT2D eigenvalue weighted by molar-refractivity contribution is -0.317. The fourth-order valence-corrected chi connectivity index (χ4v) is 2.44. The third-order valence-corrected chi connectivity index (χ3v) is 3.34. The molecule has 0 aromatic heterocycles. The molecular formula is C16H22O11. The van der Waals surface area contributed by atoms with E-state index in [2.05, 4.69) is 0 Å². The summed E-state index contributed by atoms with van der Waals surface area (Å²) >= 11 is 0. The Labute approximate surface area is 162 Å². The van der Waals surface area contributed by atoms with Gasteiger partial charge in [0.2, 0.25) is 0 Å². The molecule has 0 radical (unpaired) electrons. The van der Waals surface area contributed by atoms with Crippen LogP contribution in [0.4, 0.5) is 0 Å². The zero-order valence-electron chi connectivity index (χ0n) is 19.1. The Balaban J connectivity index is 3.23. The van der Waals surface area contributed by atoms with Gasteiger partial charge in [-0.05, 0) is 0 Å². The van der Waals surface area contributed by atoms with E-state index in [0.717, 1.165) is 0 Å². The molecule has 1 saturated heterocycles.